The summed E-state index contributed by atoms with van der Waals surface area (Å²) >= 11 is 0. The average molecular weight is 273 g/mol. The van der Waals surface area contributed by atoms with Crippen molar-refractivity contribution in [2.75, 3.05) is 13.2 Å². The lowest BCUT2D eigenvalue weighted by atomic mass is 10.0. The van der Waals surface area contributed by atoms with E-state index in [0.717, 1.165) is 25.4 Å². The van der Waals surface area contributed by atoms with E-state index >= 15 is 0 Å². The standard InChI is InChI=1S/C16H23N3O/c1-11(2)12-4-5-14-15(18-19(3)16(14)8-12)10-17-9-13-6-7-20-13/h4-5,8,11,13,17H,6-7,9-10H2,1-3H3/t13-/m0/s1. The number of hydrogen-bond acceptors (Lipinski definition) is 3. The summed E-state index contributed by atoms with van der Waals surface area (Å²) in [7, 11) is 2.02. The van der Waals surface area contributed by atoms with Crippen molar-refractivity contribution in [3.8, 4) is 0 Å². The molecular formula is C16H23N3O. The maximum atomic E-state index is 5.42. The van der Waals surface area contributed by atoms with E-state index < -0.39 is 0 Å². The molecule has 0 aliphatic carbocycles. The van der Waals surface area contributed by atoms with Crippen LogP contribution in [0.25, 0.3) is 10.9 Å². The molecule has 0 bridgehead atoms. The molecule has 0 spiro atoms. The van der Waals surface area contributed by atoms with Gasteiger partial charge in [-0.1, -0.05) is 26.0 Å². The van der Waals surface area contributed by atoms with E-state index in [9.17, 15) is 0 Å². The minimum Gasteiger partial charge on any atom is -0.377 e. The van der Waals surface area contributed by atoms with E-state index in [-0.39, 0.29) is 0 Å². The molecule has 0 unspecified atom stereocenters. The average Bonchev–Trinajstić information content (AvgIpc) is 2.69. The highest BCUT2D eigenvalue weighted by atomic mass is 16.5. The second kappa shape index (κ2) is 5.54. The van der Waals surface area contributed by atoms with Crippen LogP contribution in [-0.4, -0.2) is 29.0 Å². The van der Waals surface area contributed by atoms with E-state index in [4.69, 9.17) is 4.74 Å². The minimum atomic E-state index is 0.400. The van der Waals surface area contributed by atoms with E-state index in [0.29, 0.717) is 12.0 Å². The van der Waals surface area contributed by atoms with Gasteiger partial charge in [0.2, 0.25) is 0 Å². The van der Waals surface area contributed by atoms with E-state index in [2.05, 4.69) is 42.5 Å². The minimum absolute atomic E-state index is 0.400. The smallest absolute Gasteiger partial charge is 0.0841 e. The van der Waals surface area contributed by atoms with Gasteiger partial charge in [-0.3, -0.25) is 4.68 Å². The van der Waals surface area contributed by atoms with Crippen molar-refractivity contribution >= 4 is 10.9 Å². The molecule has 1 aromatic carbocycles. The second-order valence-electron chi connectivity index (χ2n) is 5.91. The Morgan fingerprint density at radius 3 is 2.90 bits per heavy atom. The summed E-state index contributed by atoms with van der Waals surface area (Å²) < 4.78 is 7.40. The number of aryl methyl sites for hydroxylation is 1. The molecule has 108 valence electrons. The number of aromatic nitrogens is 2. The third-order valence-electron chi connectivity index (χ3n) is 4.08. The maximum Gasteiger partial charge on any atom is 0.0841 e. The number of fused-ring (bicyclic) bond motifs is 1. The van der Waals surface area contributed by atoms with Gasteiger partial charge in [-0.25, -0.2) is 0 Å². The molecule has 4 heteroatoms. The van der Waals surface area contributed by atoms with Gasteiger partial charge in [-0.15, -0.1) is 0 Å². The normalized spacial score (nSPS) is 18.7. The predicted octanol–water partition coefficient (Wildman–Crippen LogP) is 2.58. The highest BCUT2D eigenvalue weighted by Crippen LogP contribution is 2.23. The third kappa shape index (κ3) is 2.58. The molecule has 4 nitrogen and oxygen atoms in total. The summed E-state index contributed by atoms with van der Waals surface area (Å²) in [5, 5.41) is 9.34. The molecule has 1 aromatic heterocycles. The molecule has 2 aromatic rings. The summed E-state index contributed by atoms with van der Waals surface area (Å²) in [5.41, 5.74) is 3.70. The highest BCUT2D eigenvalue weighted by Gasteiger charge is 2.17. The van der Waals surface area contributed by atoms with Crippen LogP contribution in [0.2, 0.25) is 0 Å². The largest absolute Gasteiger partial charge is 0.377 e. The fourth-order valence-electron chi connectivity index (χ4n) is 2.64. The summed E-state index contributed by atoms with van der Waals surface area (Å²) in [5.74, 6) is 0.548. The predicted molar refractivity (Wildman–Crippen MR) is 80.9 cm³/mol. The zero-order chi connectivity index (χ0) is 14.1. The first-order chi connectivity index (χ1) is 9.65. The maximum absolute atomic E-state index is 5.42. The first-order valence-corrected chi connectivity index (χ1v) is 7.43. The van der Waals surface area contributed by atoms with Crippen LogP contribution in [0.4, 0.5) is 0 Å². The molecule has 0 radical (unpaired) electrons. The third-order valence-corrected chi connectivity index (χ3v) is 4.08. The first kappa shape index (κ1) is 13.6. The van der Waals surface area contributed by atoms with Crippen LogP contribution in [0, 0.1) is 0 Å². The number of benzene rings is 1. The quantitative estimate of drug-likeness (QED) is 0.910. The Balaban J connectivity index is 1.77. The Kier molecular flexibility index (Phi) is 3.76. The molecule has 0 saturated carbocycles. The SMILES string of the molecule is CC(C)c1ccc2c(CNC[C@@H]3CCO3)nn(C)c2c1. The van der Waals surface area contributed by atoms with Crippen LogP contribution in [-0.2, 0) is 18.3 Å². The Hall–Kier alpha value is -1.39. The molecule has 0 amide bonds. The Labute approximate surface area is 120 Å². The zero-order valence-corrected chi connectivity index (χ0v) is 12.5. The summed E-state index contributed by atoms with van der Waals surface area (Å²) in [6.07, 6.45) is 1.57. The lowest BCUT2D eigenvalue weighted by molar-refractivity contribution is -0.0484. The molecule has 1 fully saturated rings. The summed E-state index contributed by atoms with van der Waals surface area (Å²) in [6.45, 7) is 7.08. The second-order valence-corrected chi connectivity index (χ2v) is 5.91. The molecule has 2 heterocycles. The molecular weight excluding hydrogens is 250 g/mol. The van der Waals surface area contributed by atoms with E-state index in [1.54, 1.807) is 0 Å². The molecule has 3 rings (SSSR count). The molecule has 1 atom stereocenters. The van der Waals surface area contributed by atoms with Crippen LogP contribution in [0.3, 0.4) is 0 Å². The van der Waals surface area contributed by atoms with Crippen molar-refractivity contribution < 1.29 is 4.74 Å². The topological polar surface area (TPSA) is 39.1 Å². The van der Waals surface area contributed by atoms with Crippen LogP contribution in [0.5, 0.6) is 0 Å². The van der Waals surface area contributed by atoms with E-state index in [1.807, 2.05) is 11.7 Å². The van der Waals surface area contributed by atoms with Gasteiger partial charge in [0.15, 0.2) is 0 Å². The van der Waals surface area contributed by atoms with Crippen molar-refractivity contribution in [2.45, 2.75) is 38.8 Å². The van der Waals surface area contributed by atoms with Crippen LogP contribution >= 0.6 is 0 Å². The number of ether oxygens (including phenoxy) is 1. The summed E-state index contributed by atoms with van der Waals surface area (Å²) in [4.78, 5) is 0. The van der Waals surface area contributed by atoms with Gasteiger partial charge in [0, 0.05) is 32.1 Å². The van der Waals surface area contributed by atoms with E-state index in [1.165, 1.54) is 22.9 Å². The van der Waals surface area contributed by atoms with Gasteiger partial charge in [-0.05, 0) is 24.0 Å². The molecule has 1 N–H and O–H groups in total. The van der Waals surface area contributed by atoms with Crippen molar-refractivity contribution in [3.05, 3.63) is 29.5 Å². The lowest BCUT2D eigenvalue weighted by Crippen LogP contribution is -2.36. The van der Waals surface area contributed by atoms with Crippen LogP contribution < -0.4 is 5.32 Å². The summed E-state index contributed by atoms with van der Waals surface area (Å²) in [6, 6.07) is 6.67. The fraction of sp³-hybridized carbons (Fsp3) is 0.562. The lowest BCUT2D eigenvalue weighted by Gasteiger charge is -2.26. The first-order valence-electron chi connectivity index (χ1n) is 7.43. The van der Waals surface area contributed by atoms with Gasteiger partial charge < -0.3 is 10.1 Å². The van der Waals surface area contributed by atoms with Gasteiger partial charge in [-0.2, -0.15) is 5.10 Å². The Bertz CT molecular complexity index is 599. The number of nitrogens with zero attached hydrogens (tertiary/aromatic N) is 2. The van der Waals surface area contributed by atoms with Gasteiger partial charge >= 0.3 is 0 Å². The Morgan fingerprint density at radius 1 is 1.45 bits per heavy atom. The zero-order valence-electron chi connectivity index (χ0n) is 12.5. The number of hydrogen-bond donors (Lipinski definition) is 1. The van der Waals surface area contributed by atoms with Crippen molar-refractivity contribution in [1.82, 2.24) is 15.1 Å². The molecule has 1 aliphatic heterocycles. The van der Waals surface area contributed by atoms with Crippen LogP contribution in [0.15, 0.2) is 18.2 Å². The van der Waals surface area contributed by atoms with Crippen molar-refractivity contribution in [2.24, 2.45) is 7.05 Å². The Morgan fingerprint density at radius 2 is 2.25 bits per heavy atom. The highest BCUT2D eigenvalue weighted by molar-refractivity contribution is 5.82. The van der Waals surface area contributed by atoms with Gasteiger partial charge in [0.05, 0.1) is 17.3 Å². The molecule has 1 aliphatic rings. The monoisotopic (exact) mass is 273 g/mol. The van der Waals surface area contributed by atoms with Crippen molar-refractivity contribution in [3.63, 3.8) is 0 Å². The fourth-order valence-corrected chi connectivity index (χ4v) is 2.64. The van der Waals surface area contributed by atoms with Crippen LogP contribution in [0.1, 0.15) is 37.4 Å². The number of rotatable bonds is 5. The van der Waals surface area contributed by atoms with Gasteiger partial charge in [0.1, 0.15) is 0 Å². The number of nitrogens with one attached hydrogen (secondary N) is 1. The van der Waals surface area contributed by atoms with Crippen molar-refractivity contribution in [1.29, 1.82) is 0 Å². The molecule has 1 saturated heterocycles. The molecule has 20 heavy (non-hydrogen) atoms. The van der Waals surface area contributed by atoms with Gasteiger partial charge in [0.25, 0.3) is 0 Å².